The number of aliphatic imine (C=N–C) groups is 2. The van der Waals surface area contributed by atoms with Gasteiger partial charge in [-0.3, -0.25) is 0 Å². The van der Waals surface area contributed by atoms with Crippen molar-refractivity contribution in [2.75, 3.05) is 0 Å². The molecular weight excluding hydrogens is 693 g/mol. The fourth-order valence-corrected chi connectivity index (χ4v) is 9.81. The summed E-state index contributed by atoms with van der Waals surface area (Å²) in [5.41, 5.74) is 8.20. The van der Waals surface area contributed by atoms with E-state index in [-0.39, 0.29) is 6.17 Å². The standard InChI is InChI=1S/C49H30N4OS/c1-3-13-29(14-4-1)47-50-48(30-15-5-2-6-16-30)52-49(51-47)38-28-42-44(35-20-8-7-17-32(35)38)39-27-31(23-26-41(39)54-42)53-40-21-11-9-18-33(40)36-24-25-37-34-19-10-12-22-43(34)55-46(37)45(36)53/h1-28,47H,(H,50,51,52). The van der Waals surface area contributed by atoms with Crippen LogP contribution in [0.15, 0.2) is 184 Å². The van der Waals surface area contributed by atoms with Crippen molar-refractivity contribution in [2.24, 2.45) is 9.98 Å². The number of para-hydroxylation sites is 1. The average Bonchev–Trinajstić information content (AvgIpc) is 3.93. The number of rotatable bonds is 4. The summed E-state index contributed by atoms with van der Waals surface area (Å²) >= 11 is 1.87. The quantitative estimate of drug-likeness (QED) is 0.197. The van der Waals surface area contributed by atoms with Crippen LogP contribution in [0.2, 0.25) is 0 Å². The van der Waals surface area contributed by atoms with Crippen LogP contribution in [-0.4, -0.2) is 16.2 Å². The van der Waals surface area contributed by atoms with Gasteiger partial charge in [-0.15, -0.1) is 11.3 Å². The molecule has 1 unspecified atom stereocenters. The van der Waals surface area contributed by atoms with Gasteiger partial charge in [-0.05, 0) is 52.7 Å². The molecule has 0 saturated carbocycles. The first-order valence-corrected chi connectivity index (χ1v) is 19.3. The van der Waals surface area contributed by atoms with Crippen LogP contribution in [0.25, 0.3) is 80.4 Å². The summed E-state index contributed by atoms with van der Waals surface area (Å²) in [6.07, 6.45) is -0.296. The molecule has 1 N–H and O–H groups in total. The van der Waals surface area contributed by atoms with E-state index in [2.05, 4.69) is 155 Å². The van der Waals surface area contributed by atoms with E-state index in [0.29, 0.717) is 5.84 Å². The number of aromatic nitrogens is 1. The molecule has 55 heavy (non-hydrogen) atoms. The van der Waals surface area contributed by atoms with Crippen molar-refractivity contribution in [1.82, 2.24) is 9.88 Å². The highest BCUT2D eigenvalue weighted by Gasteiger charge is 2.24. The summed E-state index contributed by atoms with van der Waals surface area (Å²) in [4.78, 5) is 10.4. The molecule has 11 aromatic rings. The lowest BCUT2D eigenvalue weighted by molar-refractivity contribution is 0.668. The van der Waals surface area contributed by atoms with E-state index in [0.717, 1.165) is 60.9 Å². The molecule has 8 aromatic carbocycles. The highest BCUT2D eigenvalue weighted by atomic mass is 32.1. The van der Waals surface area contributed by atoms with Crippen LogP contribution < -0.4 is 5.32 Å². The van der Waals surface area contributed by atoms with E-state index in [1.807, 2.05) is 35.6 Å². The Labute approximate surface area is 319 Å². The molecule has 1 aliphatic heterocycles. The molecule has 0 spiro atoms. The number of benzene rings is 8. The van der Waals surface area contributed by atoms with E-state index < -0.39 is 0 Å². The van der Waals surface area contributed by atoms with Gasteiger partial charge < -0.3 is 14.3 Å². The summed E-state index contributed by atoms with van der Waals surface area (Å²) in [7, 11) is 0. The van der Waals surface area contributed by atoms with Crippen LogP contribution in [0.1, 0.15) is 22.9 Å². The summed E-state index contributed by atoms with van der Waals surface area (Å²) in [6, 6.07) is 60.0. The molecule has 0 bridgehead atoms. The highest BCUT2D eigenvalue weighted by molar-refractivity contribution is 7.26. The molecule has 0 amide bonds. The van der Waals surface area contributed by atoms with Gasteiger partial charge in [-0.1, -0.05) is 133 Å². The van der Waals surface area contributed by atoms with Crippen LogP contribution in [0.4, 0.5) is 0 Å². The van der Waals surface area contributed by atoms with Gasteiger partial charge >= 0.3 is 0 Å². The Morgan fingerprint density at radius 3 is 2.13 bits per heavy atom. The van der Waals surface area contributed by atoms with Gasteiger partial charge in [0, 0.05) is 53.8 Å². The second-order valence-electron chi connectivity index (χ2n) is 14.2. The number of nitrogens with one attached hydrogen (secondary N) is 1. The third kappa shape index (κ3) is 4.59. The zero-order valence-corrected chi connectivity index (χ0v) is 30.2. The Bertz CT molecular complexity index is 3410. The molecule has 1 aliphatic rings. The highest BCUT2D eigenvalue weighted by Crippen LogP contribution is 2.44. The minimum Gasteiger partial charge on any atom is -0.456 e. The molecule has 0 fully saturated rings. The average molecular weight is 723 g/mol. The normalized spacial score (nSPS) is 14.7. The fourth-order valence-electron chi connectivity index (χ4n) is 8.57. The third-order valence-electron chi connectivity index (χ3n) is 11.0. The van der Waals surface area contributed by atoms with Gasteiger partial charge in [0.1, 0.15) is 23.2 Å². The fraction of sp³-hybridized carbons (Fsp3) is 0.0204. The maximum Gasteiger partial charge on any atom is 0.160 e. The number of fused-ring (bicyclic) bond motifs is 12. The lowest BCUT2D eigenvalue weighted by Gasteiger charge is -2.24. The lowest BCUT2D eigenvalue weighted by atomic mass is 9.98. The minimum atomic E-state index is -0.296. The maximum atomic E-state index is 6.75. The van der Waals surface area contributed by atoms with Gasteiger partial charge in [0.25, 0.3) is 0 Å². The van der Waals surface area contributed by atoms with E-state index in [9.17, 15) is 0 Å². The van der Waals surface area contributed by atoms with Crippen LogP contribution in [0.5, 0.6) is 0 Å². The van der Waals surface area contributed by atoms with Crippen molar-refractivity contribution in [3.63, 3.8) is 0 Å². The molecule has 0 radical (unpaired) electrons. The topological polar surface area (TPSA) is 54.8 Å². The predicted molar refractivity (Wildman–Crippen MR) is 230 cm³/mol. The molecule has 5 nitrogen and oxygen atoms in total. The number of furan rings is 1. The zero-order chi connectivity index (χ0) is 36.0. The Balaban J connectivity index is 1.10. The molecular formula is C49H30N4OS. The first-order chi connectivity index (χ1) is 27.3. The van der Waals surface area contributed by atoms with Crippen LogP contribution in [0, 0.1) is 0 Å². The van der Waals surface area contributed by atoms with Gasteiger partial charge in [0.15, 0.2) is 5.84 Å². The van der Waals surface area contributed by atoms with E-state index in [4.69, 9.17) is 14.4 Å². The van der Waals surface area contributed by atoms with Crippen molar-refractivity contribution in [3.8, 4) is 5.69 Å². The molecule has 12 rings (SSSR count). The van der Waals surface area contributed by atoms with Crippen LogP contribution in [0.3, 0.4) is 0 Å². The smallest absolute Gasteiger partial charge is 0.160 e. The second kappa shape index (κ2) is 11.7. The van der Waals surface area contributed by atoms with Crippen molar-refractivity contribution in [2.45, 2.75) is 6.17 Å². The Hall–Kier alpha value is -7.02. The van der Waals surface area contributed by atoms with Crippen LogP contribution in [-0.2, 0) is 0 Å². The van der Waals surface area contributed by atoms with Gasteiger partial charge in [-0.2, -0.15) is 0 Å². The Morgan fingerprint density at radius 1 is 0.564 bits per heavy atom. The minimum absolute atomic E-state index is 0.296. The second-order valence-corrected chi connectivity index (χ2v) is 15.2. The first-order valence-electron chi connectivity index (χ1n) is 18.5. The molecule has 0 saturated heterocycles. The Morgan fingerprint density at radius 2 is 1.27 bits per heavy atom. The van der Waals surface area contributed by atoms with Crippen molar-refractivity contribution in [3.05, 3.63) is 187 Å². The van der Waals surface area contributed by atoms with Crippen molar-refractivity contribution >= 4 is 97.7 Å². The number of thiophene rings is 1. The van der Waals surface area contributed by atoms with Crippen LogP contribution >= 0.6 is 11.3 Å². The SMILES string of the molecule is c1ccc(C2=NC(c3cc4oc5ccc(-n6c7ccccc7c7ccc8c9ccccc9sc8c76)cc5c4c4ccccc34)=NC(c3ccccc3)N2)cc1. The summed E-state index contributed by atoms with van der Waals surface area (Å²) < 4.78 is 11.8. The molecule has 0 aliphatic carbocycles. The van der Waals surface area contributed by atoms with E-state index >= 15 is 0 Å². The van der Waals surface area contributed by atoms with E-state index in [1.54, 1.807) is 0 Å². The van der Waals surface area contributed by atoms with Gasteiger partial charge in [-0.25, -0.2) is 9.98 Å². The lowest BCUT2D eigenvalue weighted by Crippen LogP contribution is -2.33. The number of nitrogens with zero attached hydrogens (tertiary/aromatic N) is 3. The van der Waals surface area contributed by atoms with Crippen molar-refractivity contribution < 1.29 is 4.42 Å². The third-order valence-corrected chi connectivity index (χ3v) is 12.2. The zero-order valence-electron chi connectivity index (χ0n) is 29.4. The largest absolute Gasteiger partial charge is 0.456 e. The summed E-state index contributed by atoms with van der Waals surface area (Å²) in [5, 5.41) is 13.0. The van der Waals surface area contributed by atoms with Gasteiger partial charge in [0.05, 0.1) is 15.7 Å². The molecule has 6 heteroatoms. The summed E-state index contributed by atoms with van der Waals surface area (Å²) in [6.45, 7) is 0. The monoisotopic (exact) mass is 722 g/mol. The number of hydrogen-bond acceptors (Lipinski definition) is 5. The summed E-state index contributed by atoms with van der Waals surface area (Å²) in [5.74, 6) is 1.46. The molecule has 4 heterocycles. The first kappa shape index (κ1) is 30.4. The van der Waals surface area contributed by atoms with Gasteiger partial charge in [0.2, 0.25) is 0 Å². The maximum absolute atomic E-state index is 6.75. The molecule has 3 aromatic heterocycles. The van der Waals surface area contributed by atoms with E-state index in [1.165, 1.54) is 42.0 Å². The predicted octanol–water partition coefficient (Wildman–Crippen LogP) is 12.7. The molecule has 258 valence electrons. The molecule has 1 atom stereocenters. The Kier molecular flexibility index (Phi) is 6.50. The van der Waals surface area contributed by atoms with Crippen molar-refractivity contribution in [1.29, 1.82) is 0 Å². The number of hydrogen-bond donors (Lipinski definition) is 1. The number of amidine groups is 2.